The Labute approximate surface area is 110 Å². The third-order valence-corrected chi connectivity index (χ3v) is 3.90. The van der Waals surface area contributed by atoms with Gasteiger partial charge in [-0.3, -0.25) is 4.90 Å². The first kappa shape index (κ1) is 12.4. The van der Waals surface area contributed by atoms with Crippen molar-refractivity contribution in [3.05, 3.63) is 33.8 Å². The van der Waals surface area contributed by atoms with Crippen LogP contribution < -0.4 is 0 Å². The van der Waals surface area contributed by atoms with Gasteiger partial charge in [-0.15, -0.1) is 0 Å². The number of fused-ring (bicyclic) bond motifs is 1. The van der Waals surface area contributed by atoms with Crippen LogP contribution in [-0.4, -0.2) is 16.1 Å². The zero-order valence-corrected chi connectivity index (χ0v) is 11.8. The van der Waals surface area contributed by atoms with Gasteiger partial charge in [-0.1, -0.05) is 48.8 Å². The van der Waals surface area contributed by atoms with E-state index in [4.69, 9.17) is 0 Å². The smallest absolute Gasteiger partial charge is 0.408 e. The van der Waals surface area contributed by atoms with Gasteiger partial charge in [0.25, 0.3) is 0 Å². The van der Waals surface area contributed by atoms with Crippen LogP contribution in [0.15, 0.2) is 22.7 Å². The van der Waals surface area contributed by atoms with Crippen molar-refractivity contribution in [2.45, 2.75) is 33.4 Å². The minimum Gasteiger partial charge on any atom is -0.465 e. The molecule has 1 aromatic rings. The minimum atomic E-state index is -0.854. The number of nitrogens with zero attached hydrogens (tertiary/aromatic N) is 1. The molecule has 0 radical (unpaired) electrons. The van der Waals surface area contributed by atoms with Gasteiger partial charge in [-0.2, -0.15) is 0 Å². The molecule has 1 N–H and O–H groups in total. The third-order valence-electron chi connectivity index (χ3n) is 3.16. The van der Waals surface area contributed by atoms with Crippen LogP contribution in [0.2, 0.25) is 0 Å². The Morgan fingerprint density at radius 1 is 1.47 bits per heavy atom. The maximum Gasteiger partial charge on any atom is 0.408 e. The van der Waals surface area contributed by atoms with Crippen LogP contribution in [0.3, 0.4) is 0 Å². The van der Waals surface area contributed by atoms with Crippen molar-refractivity contribution in [1.29, 1.82) is 0 Å². The summed E-state index contributed by atoms with van der Waals surface area (Å²) in [7, 11) is 0. The van der Waals surface area contributed by atoms with Crippen molar-refractivity contribution >= 4 is 22.0 Å². The van der Waals surface area contributed by atoms with Crippen molar-refractivity contribution in [1.82, 2.24) is 4.90 Å². The number of amides is 1. The molecule has 0 bridgehead atoms. The average molecular weight is 298 g/mol. The maximum absolute atomic E-state index is 11.3. The molecular formula is C13H16BrNO2. The quantitative estimate of drug-likeness (QED) is 0.785. The second kappa shape index (κ2) is 4.02. The zero-order valence-electron chi connectivity index (χ0n) is 10.2. The van der Waals surface area contributed by atoms with Crippen LogP contribution >= 0.6 is 15.9 Å². The van der Waals surface area contributed by atoms with E-state index in [9.17, 15) is 9.90 Å². The molecule has 0 aliphatic carbocycles. The monoisotopic (exact) mass is 297 g/mol. The lowest BCUT2D eigenvalue weighted by Crippen LogP contribution is -2.35. The van der Waals surface area contributed by atoms with Gasteiger partial charge < -0.3 is 5.11 Å². The molecule has 0 aromatic heterocycles. The van der Waals surface area contributed by atoms with Gasteiger partial charge in [-0.25, -0.2) is 4.79 Å². The Morgan fingerprint density at radius 3 is 2.65 bits per heavy atom. The lowest BCUT2D eigenvalue weighted by Gasteiger charge is -2.33. The Balaban J connectivity index is 2.55. The predicted molar refractivity (Wildman–Crippen MR) is 69.9 cm³/mol. The average Bonchev–Trinajstić information content (AvgIpc) is 2.57. The number of carboxylic acid groups (broad SMARTS) is 1. The van der Waals surface area contributed by atoms with Crippen molar-refractivity contribution in [3.63, 3.8) is 0 Å². The molecule has 0 fully saturated rings. The Bertz CT molecular complexity index is 465. The fourth-order valence-electron chi connectivity index (χ4n) is 2.54. The molecule has 1 atom stereocenters. The standard InChI is InChI=1S/C13H16BrNO2/c1-13(2,3)11-8-5-4-6-10(14)9(8)7-15(11)12(16)17/h4-6,11H,7H2,1-3H3,(H,16,17). The SMILES string of the molecule is CC(C)(C)C1c2cccc(Br)c2CN1C(=O)O. The highest BCUT2D eigenvalue weighted by molar-refractivity contribution is 9.10. The topological polar surface area (TPSA) is 40.5 Å². The van der Waals surface area contributed by atoms with E-state index in [1.165, 1.54) is 4.90 Å². The summed E-state index contributed by atoms with van der Waals surface area (Å²) < 4.78 is 0.994. The summed E-state index contributed by atoms with van der Waals surface area (Å²) in [5.41, 5.74) is 2.11. The van der Waals surface area contributed by atoms with Crippen molar-refractivity contribution in [2.24, 2.45) is 5.41 Å². The lowest BCUT2D eigenvalue weighted by atomic mass is 9.82. The first-order valence-electron chi connectivity index (χ1n) is 5.59. The maximum atomic E-state index is 11.3. The van der Waals surface area contributed by atoms with E-state index in [1.54, 1.807) is 0 Å². The summed E-state index contributed by atoms with van der Waals surface area (Å²) in [4.78, 5) is 12.9. The van der Waals surface area contributed by atoms with E-state index >= 15 is 0 Å². The highest BCUT2D eigenvalue weighted by atomic mass is 79.9. The molecule has 3 nitrogen and oxygen atoms in total. The number of hydrogen-bond acceptors (Lipinski definition) is 1. The first-order chi connectivity index (χ1) is 7.82. The zero-order chi connectivity index (χ0) is 12.8. The summed E-state index contributed by atoms with van der Waals surface area (Å²) in [5.74, 6) is 0. The molecule has 1 unspecified atom stereocenters. The molecule has 1 aromatic carbocycles. The summed E-state index contributed by atoms with van der Waals surface area (Å²) in [6, 6.07) is 5.88. The van der Waals surface area contributed by atoms with E-state index < -0.39 is 6.09 Å². The predicted octanol–water partition coefficient (Wildman–Crippen LogP) is 4.03. The molecule has 0 spiro atoms. The molecule has 0 saturated heterocycles. The molecule has 4 heteroatoms. The van der Waals surface area contributed by atoms with E-state index in [0.717, 1.165) is 15.6 Å². The van der Waals surface area contributed by atoms with Gasteiger partial charge in [0.05, 0.1) is 12.6 Å². The molecule has 0 saturated carbocycles. The molecule has 17 heavy (non-hydrogen) atoms. The molecular weight excluding hydrogens is 282 g/mol. The number of halogens is 1. The molecule has 1 aliphatic heterocycles. The molecule has 1 aliphatic rings. The summed E-state index contributed by atoms with van der Waals surface area (Å²) >= 11 is 3.50. The van der Waals surface area contributed by atoms with Crippen LogP contribution in [-0.2, 0) is 6.54 Å². The molecule has 2 rings (SSSR count). The van der Waals surface area contributed by atoms with Crippen LogP contribution in [0.5, 0.6) is 0 Å². The highest BCUT2D eigenvalue weighted by Gasteiger charge is 2.41. The van der Waals surface area contributed by atoms with Crippen LogP contribution in [0.1, 0.15) is 37.9 Å². The van der Waals surface area contributed by atoms with E-state index in [0.29, 0.717) is 6.54 Å². The Morgan fingerprint density at radius 2 is 2.12 bits per heavy atom. The first-order valence-corrected chi connectivity index (χ1v) is 6.38. The Kier molecular flexibility index (Phi) is 2.94. The van der Waals surface area contributed by atoms with Crippen molar-refractivity contribution in [2.75, 3.05) is 0 Å². The van der Waals surface area contributed by atoms with E-state index in [-0.39, 0.29) is 11.5 Å². The Hall–Kier alpha value is -1.03. The third kappa shape index (κ3) is 2.06. The number of hydrogen-bond donors (Lipinski definition) is 1. The van der Waals surface area contributed by atoms with Gasteiger partial charge >= 0.3 is 6.09 Å². The van der Waals surface area contributed by atoms with Gasteiger partial charge in [0.15, 0.2) is 0 Å². The summed E-state index contributed by atoms with van der Waals surface area (Å²) in [6.07, 6.45) is -0.854. The van der Waals surface area contributed by atoms with Gasteiger partial charge in [-0.05, 0) is 22.6 Å². The number of rotatable bonds is 0. The summed E-state index contributed by atoms with van der Waals surface area (Å²) in [5, 5.41) is 9.32. The van der Waals surface area contributed by atoms with Gasteiger partial charge in [0.2, 0.25) is 0 Å². The van der Waals surface area contributed by atoms with E-state index in [2.05, 4.69) is 36.7 Å². The molecule has 1 amide bonds. The van der Waals surface area contributed by atoms with Crippen LogP contribution in [0.4, 0.5) is 4.79 Å². The molecule has 92 valence electrons. The largest absolute Gasteiger partial charge is 0.465 e. The number of carbonyl (C=O) groups is 1. The van der Waals surface area contributed by atoms with Crippen LogP contribution in [0.25, 0.3) is 0 Å². The second-order valence-corrected chi connectivity index (χ2v) is 6.34. The van der Waals surface area contributed by atoms with Crippen molar-refractivity contribution in [3.8, 4) is 0 Å². The van der Waals surface area contributed by atoms with Gasteiger partial charge in [0.1, 0.15) is 0 Å². The normalized spacial score (nSPS) is 19.3. The second-order valence-electron chi connectivity index (χ2n) is 5.49. The van der Waals surface area contributed by atoms with Crippen LogP contribution in [0, 0.1) is 5.41 Å². The fraction of sp³-hybridized carbons (Fsp3) is 0.462. The minimum absolute atomic E-state index is 0.0764. The highest BCUT2D eigenvalue weighted by Crippen LogP contribution is 2.46. The fourth-order valence-corrected chi connectivity index (χ4v) is 3.05. The molecule has 1 heterocycles. The van der Waals surface area contributed by atoms with Gasteiger partial charge in [0, 0.05) is 4.47 Å². The van der Waals surface area contributed by atoms with E-state index in [1.807, 2.05) is 18.2 Å². The summed E-state index contributed by atoms with van der Waals surface area (Å²) in [6.45, 7) is 6.69. The number of benzene rings is 1. The van der Waals surface area contributed by atoms with Crippen molar-refractivity contribution < 1.29 is 9.90 Å². The lowest BCUT2D eigenvalue weighted by molar-refractivity contribution is 0.0900.